The minimum Gasteiger partial charge on any atom is -0.392 e. The molecule has 0 unspecified atom stereocenters. The Morgan fingerprint density at radius 1 is 1.27 bits per heavy atom. The van der Waals surface area contributed by atoms with Crippen LogP contribution in [0.2, 0.25) is 0 Å². The highest BCUT2D eigenvalue weighted by molar-refractivity contribution is 7.80. The summed E-state index contributed by atoms with van der Waals surface area (Å²) in [6.45, 7) is 0.265. The molecule has 82 valence electrons. The monoisotopic (exact) mass is 234 g/mol. The van der Waals surface area contributed by atoms with E-state index in [1.54, 1.807) is 0 Å². The molecule has 0 heterocycles. The van der Waals surface area contributed by atoms with Crippen molar-refractivity contribution in [2.24, 2.45) is 5.73 Å². The normalized spacial score (nSPS) is 11.1. The number of nitrogens with one attached hydrogen (secondary N) is 1. The molecule has 1 aromatic rings. The van der Waals surface area contributed by atoms with Crippen molar-refractivity contribution in [2.45, 2.75) is 6.18 Å². The van der Waals surface area contributed by atoms with E-state index in [9.17, 15) is 13.2 Å². The topological polar surface area (TPSA) is 38.0 Å². The van der Waals surface area contributed by atoms with Crippen molar-refractivity contribution in [3.8, 4) is 0 Å². The number of halogens is 3. The van der Waals surface area contributed by atoms with Crippen LogP contribution in [-0.4, -0.2) is 11.5 Å². The third-order valence-electron chi connectivity index (χ3n) is 1.68. The van der Waals surface area contributed by atoms with Gasteiger partial charge in [-0.15, -0.1) is 0 Å². The van der Waals surface area contributed by atoms with Crippen molar-refractivity contribution < 1.29 is 13.2 Å². The van der Waals surface area contributed by atoms with E-state index in [1.165, 1.54) is 12.1 Å². The van der Waals surface area contributed by atoms with Crippen LogP contribution in [-0.2, 0) is 6.18 Å². The highest BCUT2D eigenvalue weighted by Gasteiger charge is 2.29. The summed E-state index contributed by atoms with van der Waals surface area (Å²) in [6.07, 6.45) is -4.30. The first-order chi connectivity index (χ1) is 6.89. The first-order valence-electron chi connectivity index (χ1n) is 4.09. The maximum atomic E-state index is 12.2. The lowest BCUT2D eigenvalue weighted by Crippen LogP contribution is -2.19. The number of alkyl halides is 3. The molecule has 6 heteroatoms. The van der Waals surface area contributed by atoms with Crippen molar-refractivity contribution >= 4 is 22.9 Å². The third-order valence-corrected chi connectivity index (χ3v) is 1.82. The largest absolute Gasteiger partial charge is 0.416 e. The number of anilines is 1. The Morgan fingerprint density at radius 2 is 1.80 bits per heavy atom. The highest BCUT2D eigenvalue weighted by atomic mass is 32.1. The molecule has 0 aliphatic rings. The van der Waals surface area contributed by atoms with Crippen molar-refractivity contribution in [3.05, 3.63) is 29.8 Å². The number of thiocarbonyl (C=S) groups is 1. The highest BCUT2D eigenvalue weighted by Crippen LogP contribution is 2.29. The SMILES string of the molecule is NC(=S)CNc1ccc(C(F)(F)F)cc1. The summed E-state index contributed by atoms with van der Waals surface area (Å²) in [5.74, 6) is 0. The molecule has 0 saturated carbocycles. The van der Waals surface area contributed by atoms with Crippen molar-refractivity contribution in [1.82, 2.24) is 0 Å². The van der Waals surface area contributed by atoms with Gasteiger partial charge in [0.25, 0.3) is 0 Å². The molecule has 0 saturated heterocycles. The predicted octanol–water partition coefficient (Wildman–Crippen LogP) is 2.40. The van der Waals surface area contributed by atoms with Gasteiger partial charge < -0.3 is 11.1 Å². The smallest absolute Gasteiger partial charge is 0.392 e. The summed E-state index contributed by atoms with van der Waals surface area (Å²) >= 11 is 4.61. The van der Waals surface area contributed by atoms with Gasteiger partial charge in [0.1, 0.15) is 0 Å². The zero-order valence-electron chi connectivity index (χ0n) is 7.64. The lowest BCUT2D eigenvalue weighted by atomic mass is 10.2. The first kappa shape index (κ1) is 11.8. The molecule has 3 N–H and O–H groups in total. The molecule has 0 amide bonds. The zero-order valence-corrected chi connectivity index (χ0v) is 8.45. The minimum absolute atomic E-state index is 0.259. The summed E-state index contributed by atoms with van der Waals surface area (Å²) in [5.41, 5.74) is 5.10. The average molecular weight is 234 g/mol. The van der Waals surface area contributed by atoms with Crippen LogP contribution in [0.25, 0.3) is 0 Å². The number of hydrogen-bond donors (Lipinski definition) is 2. The van der Waals surface area contributed by atoms with Gasteiger partial charge in [0.15, 0.2) is 0 Å². The van der Waals surface area contributed by atoms with Crippen LogP contribution in [0.1, 0.15) is 5.56 Å². The summed E-state index contributed by atoms with van der Waals surface area (Å²) in [4.78, 5) is 0.259. The predicted molar refractivity (Wildman–Crippen MR) is 56.7 cm³/mol. The maximum Gasteiger partial charge on any atom is 0.416 e. The van der Waals surface area contributed by atoms with Gasteiger partial charge in [-0.25, -0.2) is 0 Å². The van der Waals surface area contributed by atoms with Crippen LogP contribution in [0.15, 0.2) is 24.3 Å². The number of nitrogens with two attached hydrogens (primary N) is 1. The van der Waals surface area contributed by atoms with Crippen LogP contribution in [0.4, 0.5) is 18.9 Å². The number of hydrogen-bond acceptors (Lipinski definition) is 2. The molecule has 0 radical (unpaired) electrons. The summed E-state index contributed by atoms with van der Waals surface area (Å²) in [7, 11) is 0. The second-order valence-electron chi connectivity index (χ2n) is 2.89. The fourth-order valence-corrected chi connectivity index (χ4v) is 1.04. The Kier molecular flexibility index (Phi) is 3.52. The van der Waals surface area contributed by atoms with E-state index in [2.05, 4.69) is 17.5 Å². The molecular formula is C9H9F3N2S. The van der Waals surface area contributed by atoms with E-state index in [1.807, 2.05) is 0 Å². The van der Waals surface area contributed by atoms with Gasteiger partial charge in [-0.3, -0.25) is 0 Å². The minimum atomic E-state index is -4.30. The van der Waals surface area contributed by atoms with Crippen LogP contribution in [0, 0.1) is 0 Å². The van der Waals surface area contributed by atoms with Gasteiger partial charge in [-0.1, -0.05) is 12.2 Å². The van der Waals surface area contributed by atoms with Gasteiger partial charge in [-0.2, -0.15) is 13.2 Å². The van der Waals surface area contributed by atoms with E-state index < -0.39 is 11.7 Å². The van der Waals surface area contributed by atoms with E-state index >= 15 is 0 Å². The maximum absolute atomic E-state index is 12.2. The lowest BCUT2D eigenvalue weighted by molar-refractivity contribution is -0.137. The summed E-state index contributed by atoms with van der Waals surface area (Å²) in [6, 6.07) is 4.67. The Hall–Kier alpha value is -1.30. The molecule has 0 aliphatic heterocycles. The van der Waals surface area contributed by atoms with Crippen LogP contribution >= 0.6 is 12.2 Å². The van der Waals surface area contributed by atoms with Gasteiger partial charge >= 0.3 is 6.18 Å². The van der Waals surface area contributed by atoms with E-state index in [0.29, 0.717) is 5.69 Å². The van der Waals surface area contributed by atoms with E-state index in [0.717, 1.165) is 12.1 Å². The second-order valence-corrected chi connectivity index (χ2v) is 3.42. The van der Waals surface area contributed by atoms with Crippen molar-refractivity contribution in [2.75, 3.05) is 11.9 Å². The van der Waals surface area contributed by atoms with Crippen LogP contribution in [0.3, 0.4) is 0 Å². The molecule has 0 bridgehead atoms. The number of benzene rings is 1. The second kappa shape index (κ2) is 4.48. The molecule has 1 aromatic carbocycles. The Morgan fingerprint density at radius 3 is 2.20 bits per heavy atom. The van der Waals surface area contributed by atoms with Crippen molar-refractivity contribution in [3.63, 3.8) is 0 Å². The zero-order chi connectivity index (χ0) is 11.5. The Bertz CT molecular complexity index is 345. The molecule has 0 spiro atoms. The summed E-state index contributed by atoms with van der Waals surface area (Å²) < 4.78 is 36.5. The molecule has 0 aliphatic carbocycles. The van der Waals surface area contributed by atoms with Gasteiger partial charge in [0.2, 0.25) is 0 Å². The average Bonchev–Trinajstić information content (AvgIpc) is 2.14. The Balaban J connectivity index is 2.69. The van der Waals surface area contributed by atoms with E-state index in [-0.39, 0.29) is 11.5 Å². The molecule has 0 atom stereocenters. The molecule has 1 rings (SSSR count). The van der Waals surface area contributed by atoms with Gasteiger partial charge in [0, 0.05) is 5.69 Å². The first-order valence-corrected chi connectivity index (χ1v) is 4.50. The summed E-state index contributed by atoms with van der Waals surface area (Å²) in [5, 5.41) is 2.79. The molecule has 0 fully saturated rings. The van der Waals surface area contributed by atoms with Gasteiger partial charge in [-0.05, 0) is 24.3 Å². The fraction of sp³-hybridized carbons (Fsp3) is 0.222. The molecule has 15 heavy (non-hydrogen) atoms. The number of rotatable bonds is 3. The Labute approximate surface area is 90.3 Å². The van der Waals surface area contributed by atoms with Crippen molar-refractivity contribution in [1.29, 1.82) is 0 Å². The standard InChI is InChI=1S/C9H9F3N2S/c10-9(11,12)6-1-3-7(4-2-6)14-5-8(13)15/h1-4,14H,5H2,(H2,13,15). The van der Waals surface area contributed by atoms with Gasteiger partial charge in [0.05, 0.1) is 17.1 Å². The quantitative estimate of drug-likeness (QED) is 0.789. The van der Waals surface area contributed by atoms with E-state index in [4.69, 9.17) is 5.73 Å². The molecule has 2 nitrogen and oxygen atoms in total. The molecular weight excluding hydrogens is 225 g/mol. The lowest BCUT2D eigenvalue weighted by Gasteiger charge is -2.08. The third kappa shape index (κ3) is 3.75. The van der Waals surface area contributed by atoms with Crippen LogP contribution < -0.4 is 11.1 Å². The van der Waals surface area contributed by atoms with Crippen LogP contribution in [0.5, 0.6) is 0 Å². The molecule has 0 aromatic heterocycles. The fourth-order valence-electron chi connectivity index (χ4n) is 0.966.